The standard InChI is InChI=1S/C8H14N2O3S/c1-5(8(12)13-2)10-7(11)6-3-14-4-9-6/h5-6,9H,3-4H2,1-2H3,(H,10,11)/t5-,6?/m1/s1. The molecule has 1 unspecified atom stereocenters. The van der Waals surface area contributed by atoms with Crippen LogP contribution in [0.4, 0.5) is 0 Å². The first-order chi connectivity index (χ1) is 6.65. The van der Waals surface area contributed by atoms with Gasteiger partial charge in [0, 0.05) is 11.6 Å². The number of amides is 1. The molecule has 1 fully saturated rings. The topological polar surface area (TPSA) is 67.4 Å². The third-order valence-electron chi connectivity index (χ3n) is 1.95. The van der Waals surface area contributed by atoms with Gasteiger partial charge in [-0.1, -0.05) is 0 Å². The molecule has 2 atom stereocenters. The van der Waals surface area contributed by atoms with Crippen LogP contribution < -0.4 is 10.6 Å². The van der Waals surface area contributed by atoms with Crippen molar-refractivity contribution in [2.75, 3.05) is 18.7 Å². The van der Waals surface area contributed by atoms with Crippen LogP contribution in [0.25, 0.3) is 0 Å². The highest BCUT2D eigenvalue weighted by molar-refractivity contribution is 7.99. The molecule has 1 rings (SSSR count). The van der Waals surface area contributed by atoms with Crippen molar-refractivity contribution >= 4 is 23.6 Å². The van der Waals surface area contributed by atoms with E-state index in [1.54, 1.807) is 18.7 Å². The van der Waals surface area contributed by atoms with E-state index in [2.05, 4.69) is 15.4 Å². The Bertz CT molecular complexity index is 229. The zero-order valence-electron chi connectivity index (χ0n) is 8.20. The SMILES string of the molecule is COC(=O)[C@@H](C)NC(=O)C1CSCN1. The summed E-state index contributed by atoms with van der Waals surface area (Å²) in [6.07, 6.45) is 0. The molecule has 6 heteroatoms. The van der Waals surface area contributed by atoms with Crippen LogP contribution in [0.1, 0.15) is 6.92 Å². The third kappa shape index (κ3) is 2.88. The summed E-state index contributed by atoms with van der Waals surface area (Å²) in [5.74, 6) is 0.960. The molecule has 14 heavy (non-hydrogen) atoms. The average Bonchev–Trinajstić information content (AvgIpc) is 2.69. The Labute approximate surface area is 86.9 Å². The lowest BCUT2D eigenvalue weighted by molar-refractivity contribution is -0.144. The normalized spacial score (nSPS) is 22.9. The van der Waals surface area contributed by atoms with Gasteiger partial charge < -0.3 is 10.1 Å². The fraction of sp³-hybridized carbons (Fsp3) is 0.750. The largest absolute Gasteiger partial charge is 0.467 e. The van der Waals surface area contributed by atoms with Crippen LogP contribution in [0.5, 0.6) is 0 Å². The molecule has 0 aliphatic carbocycles. The summed E-state index contributed by atoms with van der Waals surface area (Å²) in [6, 6.07) is -0.771. The van der Waals surface area contributed by atoms with E-state index in [9.17, 15) is 9.59 Å². The second-order valence-electron chi connectivity index (χ2n) is 3.03. The van der Waals surface area contributed by atoms with Crippen LogP contribution in [0.2, 0.25) is 0 Å². The number of carbonyl (C=O) groups is 2. The average molecular weight is 218 g/mol. The molecule has 1 aliphatic rings. The number of ether oxygens (including phenoxy) is 1. The molecule has 5 nitrogen and oxygen atoms in total. The maximum Gasteiger partial charge on any atom is 0.328 e. The summed E-state index contributed by atoms with van der Waals surface area (Å²) in [5, 5.41) is 5.60. The number of hydrogen-bond acceptors (Lipinski definition) is 5. The summed E-state index contributed by atoms with van der Waals surface area (Å²) in [5.41, 5.74) is 0. The van der Waals surface area contributed by atoms with E-state index in [0.717, 1.165) is 11.6 Å². The number of methoxy groups -OCH3 is 1. The zero-order chi connectivity index (χ0) is 10.6. The molecule has 1 saturated heterocycles. The van der Waals surface area contributed by atoms with Crippen LogP contribution in [-0.4, -0.2) is 42.7 Å². The number of thioether (sulfide) groups is 1. The fourth-order valence-corrected chi connectivity index (χ4v) is 2.06. The molecule has 80 valence electrons. The second kappa shape index (κ2) is 5.21. The molecular formula is C8H14N2O3S. The molecule has 0 saturated carbocycles. The Kier molecular flexibility index (Phi) is 4.21. The van der Waals surface area contributed by atoms with Crippen LogP contribution in [0.15, 0.2) is 0 Å². The van der Waals surface area contributed by atoms with Crippen LogP contribution >= 0.6 is 11.8 Å². The molecule has 0 spiro atoms. The van der Waals surface area contributed by atoms with E-state index in [1.165, 1.54) is 7.11 Å². The zero-order valence-corrected chi connectivity index (χ0v) is 9.02. The first-order valence-electron chi connectivity index (χ1n) is 4.34. The number of carbonyl (C=O) groups excluding carboxylic acids is 2. The maximum atomic E-state index is 11.5. The quantitative estimate of drug-likeness (QED) is 0.615. The van der Waals surface area contributed by atoms with Crippen molar-refractivity contribution in [3.63, 3.8) is 0 Å². The Balaban J connectivity index is 2.35. The summed E-state index contributed by atoms with van der Waals surface area (Å²) >= 11 is 1.66. The smallest absolute Gasteiger partial charge is 0.328 e. The lowest BCUT2D eigenvalue weighted by Crippen LogP contribution is -2.48. The van der Waals surface area contributed by atoms with Gasteiger partial charge in [0.15, 0.2) is 0 Å². The summed E-state index contributed by atoms with van der Waals surface area (Å²) < 4.78 is 4.50. The summed E-state index contributed by atoms with van der Waals surface area (Å²) in [6.45, 7) is 1.60. The van der Waals surface area contributed by atoms with E-state index >= 15 is 0 Å². The lowest BCUT2D eigenvalue weighted by Gasteiger charge is -2.14. The van der Waals surface area contributed by atoms with Gasteiger partial charge in [-0.15, -0.1) is 11.8 Å². The third-order valence-corrected chi connectivity index (χ3v) is 2.89. The van der Waals surface area contributed by atoms with Gasteiger partial charge in [-0.25, -0.2) is 4.79 Å². The number of hydrogen-bond donors (Lipinski definition) is 2. The first-order valence-corrected chi connectivity index (χ1v) is 5.50. The van der Waals surface area contributed by atoms with E-state index in [-0.39, 0.29) is 11.9 Å². The van der Waals surface area contributed by atoms with Crippen molar-refractivity contribution < 1.29 is 14.3 Å². The molecule has 0 bridgehead atoms. The van der Waals surface area contributed by atoms with E-state index in [4.69, 9.17) is 0 Å². The molecule has 1 aliphatic heterocycles. The van der Waals surface area contributed by atoms with E-state index < -0.39 is 12.0 Å². The van der Waals surface area contributed by atoms with Crippen molar-refractivity contribution in [2.45, 2.75) is 19.0 Å². The minimum Gasteiger partial charge on any atom is -0.467 e. The van der Waals surface area contributed by atoms with Gasteiger partial charge >= 0.3 is 5.97 Å². The molecule has 0 radical (unpaired) electrons. The van der Waals surface area contributed by atoms with Gasteiger partial charge in [-0.3, -0.25) is 10.1 Å². The minimum absolute atomic E-state index is 0.145. The molecule has 1 heterocycles. The maximum absolute atomic E-state index is 11.5. The summed E-state index contributed by atoms with van der Waals surface area (Å²) in [4.78, 5) is 22.5. The number of nitrogens with one attached hydrogen (secondary N) is 2. The van der Waals surface area contributed by atoms with Crippen molar-refractivity contribution in [3.8, 4) is 0 Å². The van der Waals surface area contributed by atoms with Crippen molar-refractivity contribution in [2.24, 2.45) is 0 Å². The monoisotopic (exact) mass is 218 g/mol. The Morgan fingerprint density at radius 2 is 2.36 bits per heavy atom. The molecule has 0 aromatic carbocycles. The highest BCUT2D eigenvalue weighted by Gasteiger charge is 2.25. The molecule has 0 aromatic rings. The molecule has 1 amide bonds. The fourth-order valence-electron chi connectivity index (χ4n) is 1.11. The highest BCUT2D eigenvalue weighted by Crippen LogP contribution is 2.09. The number of esters is 1. The predicted octanol–water partition coefficient (Wildman–Crippen LogP) is -0.673. The van der Waals surface area contributed by atoms with Crippen LogP contribution in [-0.2, 0) is 14.3 Å². The second-order valence-corrected chi connectivity index (χ2v) is 4.06. The predicted molar refractivity (Wildman–Crippen MR) is 53.9 cm³/mol. The molecular weight excluding hydrogens is 204 g/mol. The van der Waals surface area contributed by atoms with Gasteiger partial charge in [0.1, 0.15) is 6.04 Å². The summed E-state index contributed by atoms with van der Waals surface area (Å²) in [7, 11) is 1.30. The lowest BCUT2D eigenvalue weighted by atomic mass is 10.2. The van der Waals surface area contributed by atoms with Gasteiger partial charge in [0.25, 0.3) is 0 Å². The Hall–Kier alpha value is -0.750. The van der Waals surface area contributed by atoms with Crippen LogP contribution in [0, 0.1) is 0 Å². The van der Waals surface area contributed by atoms with E-state index in [1.807, 2.05) is 0 Å². The van der Waals surface area contributed by atoms with Crippen LogP contribution in [0.3, 0.4) is 0 Å². The van der Waals surface area contributed by atoms with Gasteiger partial charge in [-0.05, 0) is 6.92 Å². The molecule has 0 aromatic heterocycles. The Morgan fingerprint density at radius 3 is 2.86 bits per heavy atom. The van der Waals surface area contributed by atoms with Crippen molar-refractivity contribution in [3.05, 3.63) is 0 Å². The van der Waals surface area contributed by atoms with E-state index in [0.29, 0.717) is 0 Å². The Morgan fingerprint density at radius 1 is 1.64 bits per heavy atom. The number of rotatable bonds is 3. The minimum atomic E-state index is -0.583. The van der Waals surface area contributed by atoms with Crippen molar-refractivity contribution in [1.29, 1.82) is 0 Å². The van der Waals surface area contributed by atoms with Gasteiger partial charge in [0.2, 0.25) is 5.91 Å². The van der Waals surface area contributed by atoms with Gasteiger partial charge in [-0.2, -0.15) is 0 Å². The molecule has 2 N–H and O–H groups in total. The van der Waals surface area contributed by atoms with Gasteiger partial charge in [0.05, 0.1) is 13.2 Å². The highest BCUT2D eigenvalue weighted by atomic mass is 32.2. The first kappa shape index (κ1) is 11.3. The van der Waals surface area contributed by atoms with Crippen molar-refractivity contribution in [1.82, 2.24) is 10.6 Å².